The van der Waals surface area contributed by atoms with E-state index in [1.165, 1.54) is 6.07 Å². The van der Waals surface area contributed by atoms with Crippen LogP contribution in [0, 0.1) is 13.8 Å². The van der Waals surface area contributed by atoms with Crippen molar-refractivity contribution in [1.82, 2.24) is 15.1 Å². The van der Waals surface area contributed by atoms with Crippen LogP contribution >= 0.6 is 0 Å². The minimum Gasteiger partial charge on any atom is -0.494 e. The number of aryl methyl sites for hydroxylation is 2. The van der Waals surface area contributed by atoms with Gasteiger partial charge in [-0.3, -0.25) is 9.59 Å². The van der Waals surface area contributed by atoms with Crippen LogP contribution in [0.4, 0.5) is 0 Å². The van der Waals surface area contributed by atoms with E-state index < -0.39 is 0 Å². The first-order valence-corrected chi connectivity index (χ1v) is 10.2. The predicted octanol–water partition coefficient (Wildman–Crippen LogP) is 3.12. The fourth-order valence-corrected chi connectivity index (χ4v) is 3.17. The number of rotatable bonds is 9. The maximum atomic E-state index is 12.3. The SMILES string of the molecule is CCOc1ccc(-c2ccc(=O)n(CC(=O)NCCOc3cc(C)cc(C)c3)n2)cc1. The quantitative estimate of drug-likeness (QED) is 0.537. The smallest absolute Gasteiger partial charge is 0.267 e. The molecule has 1 heterocycles. The van der Waals surface area contributed by atoms with Crippen LogP contribution in [0.2, 0.25) is 0 Å². The second kappa shape index (κ2) is 10.4. The molecule has 0 spiro atoms. The van der Waals surface area contributed by atoms with Crippen LogP contribution in [-0.2, 0) is 11.3 Å². The van der Waals surface area contributed by atoms with Gasteiger partial charge in [-0.05, 0) is 74.4 Å². The molecule has 0 radical (unpaired) electrons. The van der Waals surface area contributed by atoms with E-state index in [1.54, 1.807) is 6.07 Å². The first-order valence-electron chi connectivity index (χ1n) is 10.2. The van der Waals surface area contributed by atoms with Crippen molar-refractivity contribution in [3.05, 3.63) is 76.1 Å². The van der Waals surface area contributed by atoms with Crippen LogP contribution in [0.5, 0.6) is 11.5 Å². The molecule has 0 bridgehead atoms. The summed E-state index contributed by atoms with van der Waals surface area (Å²) < 4.78 is 12.3. The van der Waals surface area contributed by atoms with Crippen LogP contribution in [-0.4, -0.2) is 35.4 Å². The van der Waals surface area contributed by atoms with E-state index in [0.29, 0.717) is 25.5 Å². The second-order valence-corrected chi connectivity index (χ2v) is 7.19. The van der Waals surface area contributed by atoms with E-state index in [1.807, 2.05) is 57.2 Å². The van der Waals surface area contributed by atoms with Crippen molar-refractivity contribution < 1.29 is 14.3 Å². The van der Waals surface area contributed by atoms with Crippen LogP contribution in [0.3, 0.4) is 0 Å². The highest BCUT2D eigenvalue weighted by molar-refractivity contribution is 5.75. The molecule has 0 unspecified atom stereocenters. The number of benzene rings is 2. The molecule has 1 N–H and O–H groups in total. The summed E-state index contributed by atoms with van der Waals surface area (Å²) in [7, 11) is 0. The van der Waals surface area contributed by atoms with Gasteiger partial charge >= 0.3 is 0 Å². The average molecular weight is 421 g/mol. The van der Waals surface area contributed by atoms with Crippen molar-refractivity contribution in [2.24, 2.45) is 0 Å². The zero-order chi connectivity index (χ0) is 22.2. The lowest BCUT2D eigenvalue weighted by Gasteiger charge is -2.10. The van der Waals surface area contributed by atoms with E-state index in [9.17, 15) is 9.59 Å². The Bertz CT molecular complexity index is 1070. The van der Waals surface area contributed by atoms with E-state index in [4.69, 9.17) is 9.47 Å². The molecule has 162 valence electrons. The number of carbonyl (C=O) groups excluding carboxylic acids is 1. The molecular weight excluding hydrogens is 394 g/mol. The number of ether oxygens (including phenoxy) is 2. The summed E-state index contributed by atoms with van der Waals surface area (Å²) in [6, 6.07) is 16.4. The third-order valence-electron chi connectivity index (χ3n) is 4.51. The molecule has 7 heteroatoms. The number of hydrogen-bond donors (Lipinski definition) is 1. The minimum absolute atomic E-state index is 0.159. The zero-order valence-electron chi connectivity index (χ0n) is 18.1. The molecule has 31 heavy (non-hydrogen) atoms. The van der Waals surface area contributed by atoms with Gasteiger partial charge in [0, 0.05) is 11.6 Å². The van der Waals surface area contributed by atoms with Gasteiger partial charge in [-0.1, -0.05) is 6.07 Å². The maximum absolute atomic E-state index is 12.3. The third-order valence-corrected chi connectivity index (χ3v) is 4.51. The van der Waals surface area contributed by atoms with Gasteiger partial charge in [0.1, 0.15) is 24.7 Å². The molecule has 0 aliphatic heterocycles. The summed E-state index contributed by atoms with van der Waals surface area (Å²) in [4.78, 5) is 24.4. The van der Waals surface area contributed by atoms with E-state index in [-0.39, 0.29) is 18.0 Å². The predicted molar refractivity (Wildman–Crippen MR) is 120 cm³/mol. The highest BCUT2D eigenvalue weighted by atomic mass is 16.5. The molecule has 0 saturated heterocycles. The average Bonchev–Trinajstić information content (AvgIpc) is 2.73. The molecule has 3 aromatic rings. The molecule has 0 aliphatic rings. The van der Waals surface area contributed by atoms with Crippen molar-refractivity contribution >= 4 is 5.91 Å². The number of amides is 1. The fraction of sp³-hybridized carbons (Fsp3) is 0.292. The fourth-order valence-electron chi connectivity index (χ4n) is 3.17. The highest BCUT2D eigenvalue weighted by Gasteiger charge is 2.08. The Morgan fingerprint density at radius 2 is 1.68 bits per heavy atom. The lowest BCUT2D eigenvalue weighted by Crippen LogP contribution is -2.35. The molecule has 0 atom stereocenters. The highest BCUT2D eigenvalue weighted by Crippen LogP contribution is 2.20. The van der Waals surface area contributed by atoms with Crippen LogP contribution in [0.15, 0.2) is 59.4 Å². The first kappa shape index (κ1) is 22.1. The van der Waals surface area contributed by atoms with Crippen LogP contribution in [0.25, 0.3) is 11.3 Å². The van der Waals surface area contributed by atoms with Crippen molar-refractivity contribution in [1.29, 1.82) is 0 Å². The van der Waals surface area contributed by atoms with Crippen molar-refractivity contribution in [2.45, 2.75) is 27.3 Å². The molecule has 1 aromatic heterocycles. The Balaban J connectivity index is 1.55. The van der Waals surface area contributed by atoms with Crippen molar-refractivity contribution in [3.63, 3.8) is 0 Å². The Kier molecular flexibility index (Phi) is 7.43. The van der Waals surface area contributed by atoms with Gasteiger partial charge in [0.25, 0.3) is 5.56 Å². The number of nitrogens with one attached hydrogen (secondary N) is 1. The molecule has 3 rings (SSSR count). The monoisotopic (exact) mass is 421 g/mol. The minimum atomic E-state index is -0.337. The Hall–Kier alpha value is -3.61. The number of hydrogen-bond acceptors (Lipinski definition) is 5. The molecule has 0 fully saturated rings. The molecule has 2 aromatic carbocycles. The molecular formula is C24H27N3O4. The van der Waals surface area contributed by atoms with Crippen molar-refractivity contribution in [2.75, 3.05) is 19.8 Å². The third kappa shape index (κ3) is 6.44. The summed E-state index contributed by atoms with van der Waals surface area (Å²) in [5.74, 6) is 1.23. The topological polar surface area (TPSA) is 82.5 Å². The van der Waals surface area contributed by atoms with Gasteiger partial charge in [0.2, 0.25) is 5.91 Å². The summed E-state index contributed by atoms with van der Waals surface area (Å²) >= 11 is 0. The van der Waals surface area contributed by atoms with Gasteiger partial charge in [-0.25, -0.2) is 4.68 Å². The standard InChI is InChI=1S/C24H27N3O4/c1-4-30-20-7-5-19(6-8-20)22-9-10-24(29)27(26-22)16-23(28)25-11-12-31-21-14-17(2)13-18(3)15-21/h5-10,13-15H,4,11-12,16H2,1-3H3,(H,25,28). The summed E-state index contributed by atoms with van der Waals surface area (Å²) in [5, 5.41) is 7.08. The molecule has 0 aliphatic carbocycles. The van der Waals surface area contributed by atoms with Crippen LogP contribution in [0.1, 0.15) is 18.1 Å². The van der Waals surface area contributed by atoms with Crippen molar-refractivity contribution in [3.8, 4) is 22.8 Å². The molecule has 0 saturated carbocycles. The normalized spacial score (nSPS) is 10.5. The number of aromatic nitrogens is 2. The van der Waals surface area contributed by atoms with Gasteiger partial charge in [-0.15, -0.1) is 0 Å². The van der Waals surface area contributed by atoms with Gasteiger partial charge in [0.05, 0.1) is 18.8 Å². The number of carbonyl (C=O) groups is 1. The van der Waals surface area contributed by atoms with E-state index in [0.717, 1.165) is 32.9 Å². The largest absolute Gasteiger partial charge is 0.494 e. The lowest BCUT2D eigenvalue weighted by molar-refractivity contribution is -0.122. The molecule has 7 nitrogen and oxygen atoms in total. The van der Waals surface area contributed by atoms with Gasteiger partial charge in [0.15, 0.2) is 0 Å². The lowest BCUT2D eigenvalue weighted by atomic mass is 10.1. The zero-order valence-corrected chi connectivity index (χ0v) is 18.1. The summed E-state index contributed by atoms with van der Waals surface area (Å²) in [6.07, 6.45) is 0. The Morgan fingerprint density at radius 3 is 2.35 bits per heavy atom. The second-order valence-electron chi connectivity index (χ2n) is 7.19. The first-order chi connectivity index (χ1) is 14.9. The Labute approximate surface area is 181 Å². The Morgan fingerprint density at radius 1 is 0.968 bits per heavy atom. The maximum Gasteiger partial charge on any atom is 0.267 e. The van der Waals surface area contributed by atoms with Gasteiger partial charge < -0.3 is 14.8 Å². The van der Waals surface area contributed by atoms with Gasteiger partial charge in [-0.2, -0.15) is 5.10 Å². The van der Waals surface area contributed by atoms with E-state index >= 15 is 0 Å². The number of nitrogens with zero attached hydrogens (tertiary/aromatic N) is 2. The summed E-state index contributed by atoms with van der Waals surface area (Å²) in [5.41, 5.74) is 3.35. The van der Waals surface area contributed by atoms with E-state index in [2.05, 4.69) is 16.5 Å². The summed E-state index contributed by atoms with van der Waals surface area (Å²) in [6.45, 7) is 7.04. The van der Waals surface area contributed by atoms with Crippen LogP contribution < -0.4 is 20.3 Å². The molecule has 1 amide bonds.